The van der Waals surface area contributed by atoms with E-state index in [1.807, 2.05) is 4.90 Å². The number of benzene rings is 1. The number of nitrogens with zero attached hydrogens (tertiary/aromatic N) is 1. The number of aliphatic carboxylic acids is 1. The largest absolute Gasteiger partial charge is 0.480 e. The van der Waals surface area contributed by atoms with Crippen LogP contribution in [0.3, 0.4) is 0 Å². The molecule has 1 saturated heterocycles. The van der Waals surface area contributed by atoms with Crippen LogP contribution < -0.4 is 4.90 Å². The van der Waals surface area contributed by atoms with Crippen LogP contribution in [0.15, 0.2) is 23.1 Å². The molecule has 1 N–H and O–H groups in total. The van der Waals surface area contributed by atoms with E-state index in [1.54, 1.807) is 19.1 Å². The highest BCUT2D eigenvalue weighted by atomic mass is 32.2. The SMILES string of the molecule is Cc1cc(S(C)(=O)=O)ccc1N1CCC[C@H]1C(=O)O. The van der Waals surface area contributed by atoms with Gasteiger partial charge >= 0.3 is 5.97 Å². The van der Waals surface area contributed by atoms with Gasteiger partial charge in [-0.1, -0.05) is 0 Å². The molecular weight excluding hydrogens is 266 g/mol. The monoisotopic (exact) mass is 283 g/mol. The summed E-state index contributed by atoms with van der Waals surface area (Å²) in [5.74, 6) is -0.830. The number of rotatable bonds is 3. The lowest BCUT2D eigenvalue weighted by Crippen LogP contribution is -2.36. The molecule has 0 amide bonds. The van der Waals surface area contributed by atoms with Gasteiger partial charge in [0.05, 0.1) is 4.90 Å². The molecule has 104 valence electrons. The van der Waals surface area contributed by atoms with Gasteiger partial charge in [0.25, 0.3) is 0 Å². The lowest BCUT2D eigenvalue weighted by molar-refractivity contribution is -0.138. The number of hydrogen-bond donors (Lipinski definition) is 1. The van der Waals surface area contributed by atoms with E-state index in [-0.39, 0.29) is 4.90 Å². The van der Waals surface area contributed by atoms with E-state index in [9.17, 15) is 18.3 Å². The molecule has 0 saturated carbocycles. The van der Waals surface area contributed by atoms with Gasteiger partial charge in [-0.3, -0.25) is 0 Å². The molecule has 1 aromatic carbocycles. The Morgan fingerprint density at radius 1 is 1.42 bits per heavy atom. The standard InChI is InChI=1S/C13H17NO4S/c1-9-8-10(19(2,17)18)5-6-11(9)14-7-3-4-12(14)13(15)16/h5-6,8,12H,3-4,7H2,1-2H3,(H,15,16)/t12-/m0/s1. The first kappa shape index (κ1) is 13.9. The van der Waals surface area contributed by atoms with Crippen molar-refractivity contribution >= 4 is 21.5 Å². The minimum absolute atomic E-state index is 0.264. The summed E-state index contributed by atoms with van der Waals surface area (Å²) in [5.41, 5.74) is 1.59. The predicted molar refractivity (Wildman–Crippen MR) is 72.3 cm³/mol. The van der Waals surface area contributed by atoms with Gasteiger partial charge in [-0.25, -0.2) is 13.2 Å². The van der Waals surface area contributed by atoms with E-state index in [4.69, 9.17) is 0 Å². The number of sulfone groups is 1. The second kappa shape index (κ2) is 4.85. The third-order valence-electron chi connectivity index (χ3n) is 3.44. The average molecular weight is 283 g/mol. The van der Waals surface area contributed by atoms with Crippen LogP contribution in [-0.4, -0.2) is 38.3 Å². The van der Waals surface area contributed by atoms with E-state index < -0.39 is 21.8 Å². The molecule has 0 aliphatic carbocycles. The highest BCUT2D eigenvalue weighted by molar-refractivity contribution is 7.90. The highest BCUT2D eigenvalue weighted by Crippen LogP contribution is 2.30. The van der Waals surface area contributed by atoms with Gasteiger partial charge in [0.1, 0.15) is 6.04 Å². The van der Waals surface area contributed by atoms with Crippen LogP contribution in [0.2, 0.25) is 0 Å². The van der Waals surface area contributed by atoms with Crippen LogP contribution in [0.5, 0.6) is 0 Å². The fourth-order valence-electron chi connectivity index (χ4n) is 2.49. The Balaban J connectivity index is 2.39. The van der Waals surface area contributed by atoms with E-state index in [0.29, 0.717) is 13.0 Å². The van der Waals surface area contributed by atoms with Crippen molar-refractivity contribution in [2.75, 3.05) is 17.7 Å². The van der Waals surface area contributed by atoms with E-state index in [1.165, 1.54) is 6.07 Å². The smallest absolute Gasteiger partial charge is 0.326 e. The minimum atomic E-state index is -3.23. The molecule has 1 atom stereocenters. The Labute approximate surface area is 112 Å². The van der Waals surface area contributed by atoms with E-state index in [2.05, 4.69) is 0 Å². The Hall–Kier alpha value is -1.56. The van der Waals surface area contributed by atoms with Crippen LogP contribution in [0.4, 0.5) is 5.69 Å². The molecule has 19 heavy (non-hydrogen) atoms. The quantitative estimate of drug-likeness (QED) is 0.908. The van der Waals surface area contributed by atoms with Crippen molar-refractivity contribution in [3.8, 4) is 0 Å². The van der Waals surface area contributed by atoms with Gasteiger partial charge < -0.3 is 10.0 Å². The molecule has 1 heterocycles. The topological polar surface area (TPSA) is 74.7 Å². The zero-order chi connectivity index (χ0) is 14.2. The number of hydrogen-bond acceptors (Lipinski definition) is 4. The maximum absolute atomic E-state index is 11.5. The third-order valence-corrected chi connectivity index (χ3v) is 4.55. The van der Waals surface area contributed by atoms with Gasteiger partial charge in [-0.2, -0.15) is 0 Å². The Bertz CT molecular complexity index is 609. The Kier molecular flexibility index (Phi) is 3.54. The molecule has 1 aliphatic heterocycles. The molecule has 0 unspecified atom stereocenters. The zero-order valence-corrected chi connectivity index (χ0v) is 11.8. The number of aryl methyl sites for hydroxylation is 1. The third kappa shape index (κ3) is 2.73. The maximum Gasteiger partial charge on any atom is 0.326 e. The van der Waals surface area contributed by atoms with E-state index >= 15 is 0 Å². The van der Waals surface area contributed by atoms with Crippen LogP contribution in [0.1, 0.15) is 18.4 Å². The number of carboxylic acids is 1. The van der Waals surface area contributed by atoms with Gasteiger partial charge in [0, 0.05) is 18.5 Å². The van der Waals surface area contributed by atoms with Crippen molar-refractivity contribution in [2.24, 2.45) is 0 Å². The van der Waals surface area contributed by atoms with Gasteiger partial charge in [0.2, 0.25) is 0 Å². The van der Waals surface area contributed by atoms with Gasteiger partial charge in [-0.05, 0) is 43.5 Å². The molecule has 2 rings (SSSR count). The Morgan fingerprint density at radius 2 is 2.11 bits per heavy atom. The lowest BCUT2D eigenvalue weighted by atomic mass is 10.1. The van der Waals surface area contributed by atoms with Crippen molar-refractivity contribution in [1.29, 1.82) is 0 Å². The molecule has 1 fully saturated rings. The number of anilines is 1. The molecular formula is C13H17NO4S. The average Bonchev–Trinajstić information content (AvgIpc) is 2.76. The van der Waals surface area contributed by atoms with Crippen molar-refractivity contribution in [2.45, 2.75) is 30.7 Å². The predicted octanol–water partition coefficient (Wildman–Crippen LogP) is 1.45. The molecule has 6 heteroatoms. The first-order chi connectivity index (χ1) is 8.80. The summed E-state index contributed by atoms with van der Waals surface area (Å²) in [6.45, 7) is 2.50. The van der Waals surface area contributed by atoms with Crippen molar-refractivity contribution in [1.82, 2.24) is 0 Å². The van der Waals surface area contributed by atoms with Gasteiger partial charge in [0.15, 0.2) is 9.84 Å². The van der Waals surface area contributed by atoms with Crippen molar-refractivity contribution in [3.63, 3.8) is 0 Å². The summed E-state index contributed by atoms with van der Waals surface area (Å²) in [5, 5.41) is 9.18. The lowest BCUT2D eigenvalue weighted by Gasteiger charge is -2.25. The summed E-state index contributed by atoms with van der Waals surface area (Å²) >= 11 is 0. The van der Waals surface area contributed by atoms with Crippen LogP contribution >= 0.6 is 0 Å². The second-order valence-corrected chi connectivity index (χ2v) is 6.93. The summed E-state index contributed by atoms with van der Waals surface area (Å²) in [4.78, 5) is 13.3. The summed E-state index contributed by atoms with van der Waals surface area (Å²) in [7, 11) is -3.23. The fraction of sp³-hybridized carbons (Fsp3) is 0.462. The first-order valence-electron chi connectivity index (χ1n) is 6.11. The first-order valence-corrected chi connectivity index (χ1v) is 8.00. The summed E-state index contributed by atoms with van der Waals surface area (Å²) in [6, 6.07) is 4.33. The van der Waals surface area contributed by atoms with Crippen molar-refractivity contribution in [3.05, 3.63) is 23.8 Å². The second-order valence-electron chi connectivity index (χ2n) is 4.91. The molecule has 0 bridgehead atoms. The number of carboxylic acid groups (broad SMARTS) is 1. The van der Waals surface area contributed by atoms with E-state index in [0.717, 1.165) is 23.9 Å². The number of carbonyl (C=O) groups is 1. The Morgan fingerprint density at radius 3 is 2.63 bits per heavy atom. The maximum atomic E-state index is 11.5. The zero-order valence-electron chi connectivity index (χ0n) is 11.0. The molecule has 5 nitrogen and oxygen atoms in total. The van der Waals surface area contributed by atoms with Gasteiger partial charge in [-0.15, -0.1) is 0 Å². The molecule has 0 aromatic heterocycles. The van der Waals surface area contributed by atoms with Crippen LogP contribution in [0, 0.1) is 6.92 Å². The van der Waals surface area contributed by atoms with Crippen LogP contribution in [0.25, 0.3) is 0 Å². The minimum Gasteiger partial charge on any atom is -0.480 e. The normalized spacial score (nSPS) is 19.7. The fourth-order valence-corrected chi connectivity index (χ4v) is 3.20. The molecule has 1 aromatic rings. The molecule has 0 radical (unpaired) electrons. The van der Waals surface area contributed by atoms with Crippen LogP contribution in [-0.2, 0) is 14.6 Å². The molecule has 1 aliphatic rings. The summed E-state index contributed by atoms with van der Waals surface area (Å²) < 4.78 is 23.0. The summed E-state index contributed by atoms with van der Waals surface area (Å²) in [6.07, 6.45) is 2.63. The van der Waals surface area contributed by atoms with Crippen molar-refractivity contribution < 1.29 is 18.3 Å². The highest BCUT2D eigenvalue weighted by Gasteiger charge is 2.31. The molecule has 0 spiro atoms.